The van der Waals surface area contributed by atoms with Crippen molar-refractivity contribution in [3.05, 3.63) is 41.5 Å². The van der Waals surface area contributed by atoms with E-state index in [1.165, 1.54) is 0 Å². The number of fused-ring (bicyclic) bond motifs is 1. The van der Waals surface area contributed by atoms with E-state index in [4.69, 9.17) is 5.21 Å². The minimum atomic E-state index is -0.532. The van der Waals surface area contributed by atoms with Crippen LogP contribution >= 0.6 is 0 Å². The second-order valence-corrected chi connectivity index (χ2v) is 4.35. The molecule has 3 aromatic rings. The molecule has 1 aromatic carbocycles. The zero-order chi connectivity index (χ0) is 14.1. The average Bonchev–Trinajstić information content (AvgIpc) is 2.93. The van der Waals surface area contributed by atoms with Gasteiger partial charge in [-0.05, 0) is 36.8 Å². The van der Waals surface area contributed by atoms with Crippen molar-refractivity contribution in [3.63, 3.8) is 0 Å². The molecule has 0 bridgehead atoms. The van der Waals surface area contributed by atoms with E-state index in [0.29, 0.717) is 16.7 Å². The largest absolute Gasteiger partial charge is 0.288 e. The van der Waals surface area contributed by atoms with Crippen molar-refractivity contribution in [3.8, 4) is 11.3 Å². The first kappa shape index (κ1) is 12.2. The van der Waals surface area contributed by atoms with Crippen LogP contribution in [0.4, 0.5) is 0 Å². The summed E-state index contributed by atoms with van der Waals surface area (Å²) in [5, 5.41) is 18.9. The molecule has 100 valence electrons. The quantitative estimate of drug-likeness (QED) is 0.482. The molecule has 0 saturated carbocycles. The SMILES string of the molecule is Cc1cc(-c2ccc3nn[nH]c3n2)ccc1C(=O)NO. The Labute approximate surface area is 113 Å². The summed E-state index contributed by atoms with van der Waals surface area (Å²) in [6.45, 7) is 1.80. The number of benzene rings is 1. The number of rotatable bonds is 2. The summed E-state index contributed by atoms with van der Waals surface area (Å²) in [5.41, 5.74) is 5.72. The molecular weight excluding hydrogens is 258 g/mol. The van der Waals surface area contributed by atoms with Gasteiger partial charge in [-0.3, -0.25) is 10.0 Å². The summed E-state index contributed by atoms with van der Waals surface area (Å²) < 4.78 is 0. The predicted octanol–water partition coefficient (Wildman–Crippen LogP) is 1.45. The van der Waals surface area contributed by atoms with E-state index in [9.17, 15) is 4.79 Å². The maximum Gasteiger partial charge on any atom is 0.274 e. The van der Waals surface area contributed by atoms with Crippen LogP contribution in [0.15, 0.2) is 30.3 Å². The summed E-state index contributed by atoms with van der Waals surface area (Å²) in [7, 11) is 0. The van der Waals surface area contributed by atoms with E-state index in [0.717, 1.165) is 16.8 Å². The number of hydrogen-bond donors (Lipinski definition) is 3. The van der Waals surface area contributed by atoms with E-state index >= 15 is 0 Å². The first-order chi connectivity index (χ1) is 9.69. The van der Waals surface area contributed by atoms with E-state index in [1.807, 2.05) is 18.2 Å². The topological polar surface area (TPSA) is 104 Å². The van der Waals surface area contributed by atoms with Gasteiger partial charge in [-0.25, -0.2) is 15.6 Å². The summed E-state index contributed by atoms with van der Waals surface area (Å²) in [6.07, 6.45) is 0. The van der Waals surface area contributed by atoms with Crippen LogP contribution in [0.2, 0.25) is 0 Å². The molecule has 2 heterocycles. The molecule has 0 radical (unpaired) electrons. The molecule has 7 heteroatoms. The van der Waals surface area contributed by atoms with Crippen molar-refractivity contribution in [1.82, 2.24) is 25.9 Å². The van der Waals surface area contributed by atoms with Gasteiger partial charge in [-0.15, -0.1) is 5.10 Å². The molecule has 0 atom stereocenters. The molecule has 0 aliphatic carbocycles. The second kappa shape index (κ2) is 4.71. The Morgan fingerprint density at radius 1 is 1.30 bits per heavy atom. The molecule has 2 aromatic heterocycles. The normalized spacial score (nSPS) is 10.7. The van der Waals surface area contributed by atoms with Crippen molar-refractivity contribution in [2.45, 2.75) is 6.92 Å². The molecule has 0 saturated heterocycles. The molecule has 0 aliphatic heterocycles. The Hall–Kier alpha value is -2.80. The van der Waals surface area contributed by atoms with Gasteiger partial charge >= 0.3 is 0 Å². The highest BCUT2D eigenvalue weighted by molar-refractivity contribution is 5.95. The van der Waals surface area contributed by atoms with Crippen LogP contribution < -0.4 is 5.48 Å². The van der Waals surface area contributed by atoms with Crippen LogP contribution in [0.3, 0.4) is 0 Å². The van der Waals surface area contributed by atoms with Crippen LogP contribution in [0.25, 0.3) is 22.4 Å². The van der Waals surface area contributed by atoms with Crippen molar-refractivity contribution in [2.75, 3.05) is 0 Å². The molecule has 7 nitrogen and oxygen atoms in total. The number of amides is 1. The number of pyridine rings is 1. The average molecular weight is 269 g/mol. The number of hydrogen-bond acceptors (Lipinski definition) is 5. The molecule has 20 heavy (non-hydrogen) atoms. The molecule has 3 rings (SSSR count). The summed E-state index contributed by atoms with van der Waals surface area (Å²) in [4.78, 5) is 15.8. The van der Waals surface area contributed by atoms with Gasteiger partial charge in [-0.2, -0.15) is 0 Å². The molecule has 0 aliphatic rings. The Bertz CT molecular complexity index is 796. The lowest BCUT2D eigenvalue weighted by atomic mass is 10.0. The van der Waals surface area contributed by atoms with Gasteiger partial charge in [0, 0.05) is 11.1 Å². The highest BCUT2D eigenvalue weighted by atomic mass is 16.5. The fourth-order valence-corrected chi connectivity index (χ4v) is 2.04. The number of aromatic nitrogens is 4. The number of carbonyl (C=O) groups is 1. The van der Waals surface area contributed by atoms with Crippen LogP contribution in [-0.4, -0.2) is 31.5 Å². The number of aryl methyl sites for hydroxylation is 1. The third-order valence-corrected chi connectivity index (χ3v) is 3.06. The number of carbonyl (C=O) groups excluding carboxylic acids is 1. The third kappa shape index (κ3) is 1.99. The van der Waals surface area contributed by atoms with Crippen LogP contribution in [-0.2, 0) is 0 Å². The Balaban J connectivity index is 2.05. The molecule has 1 amide bonds. The number of hydroxylamine groups is 1. The zero-order valence-corrected chi connectivity index (χ0v) is 10.6. The second-order valence-electron chi connectivity index (χ2n) is 4.35. The Morgan fingerprint density at radius 3 is 2.90 bits per heavy atom. The Kier molecular flexibility index (Phi) is 2.88. The van der Waals surface area contributed by atoms with E-state index in [1.54, 1.807) is 24.5 Å². The van der Waals surface area contributed by atoms with Gasteiger partial charge in [0.1, 0.15) is 5.52 Å². The van der Waals surface area contributed by atoms with Gasteiger partial charge in [0.05, 0.1) is 5.69 Å². The van der Waals surface area contributed by atoms with Crippen LogP contribution in [0.5, 0.6) is 0 Å². The van der Waals surface area contributed by atoms with Crippen molar-refractivity contribution >= 4 is 17.1 Å². The van der Waals surface area contributed by atoms with Crippen LogP contribution in [0.1, 0.15) is 15.9 Å². The van der Waals surface area contributed by atoms with E-state index < -0.39 is 5.91 Å². The minimum Gasteiger partial charge on any atom is -0.288 e. The molecule has 0 fully saturated rings. The first-order valence-corrected chi connectivity index (χ1v) is 5.92. The van der Waals surface area contributed by atoms with Gasteiger partial charge in [0.2, 0.25) is 0 Å². The van der Waals surface area contributed by atoms with E-state index in [-0.39, 0.29) is 0 Å². The maximum atomic E-state index is 11.4. The smallest absolute Gasteiger partial charge is 0.274 e. The first-order valence-electron chi connectivity index (χ1n) is 5.92. The molecular formula is C13H11N5O2. The molecule has 0 spiro atoms. The minimum absolute atomic E-state index is 0.417. The molecule has 0 unspecified atom stereocenters. The summed E-state index contributed by atoms with van der Waals surface area (Å²) in [5.74, 6) is -0.532. The summed E-state index contributed by atoms with van der Waals surface area (Å²) >= 11 is 0. The van der Waals surface area contributed by atoms with Crippen LogP contribution in [0, 0.1) is 6.92 Å². The highest BCUT2D eigenvalue weighted by Gasteiger charge is 2.10. The zero-order valence-electron chi connectivity index (χ0n) is 10.6. The Morgan fingerprint density at radius 2 is 2.15 bits per heavy atom. The van der Waals surface area contributed by atoms with Crippen molar-refractivity contribution in [2.24, 2.45) is 0 Å². The fourth-order valence-electron chi connectivity index (χ4n) is 2.04. The van der Waals surface area contributed by atoms with Gasteiger partial charge in [0.25, 0.3) is 5.91 Å². The standard InChI is InChI=1S/C13H11N5O2/c1-7-6-8(2-3-9(7)13(19)17-20)10-4-5-11-12(14-10)16-18-15-11/h2-6,20H,1H3,(H,17,19)(H,14,15,16,18). The number of nitrogens with one attached hydrogen (secondary N) is 2. The van der Waals surface area contributed by atoms with Gasteiger partial charge in [0.15, 0.2) is 5.65 Å². The maximum absolute atomic E-state index is 11.4. The lowest BCUT2D eigenvalue weighted by Crippen LogP contribution is -2.19. The van der Waals surface area contributed by atoms with Crippen molar-refractivity contribution in [1.29, 1.82) is 0 Å². The van der Waals surface area contributed by atoms with Gasteiger partial charge in [-0.1, -0.05) is 11.3 Å². The predicted molar refractivity (Wildman–Crippen MR) is 71.1 cm³/mol. The lowest BCUT2D eigenvalue weighted by molar-refractivity contribution is 0.0705. The summed E-state index contributed by atoms with van der Waals surface area (Å²) in [6, 6.07) is 8.92. The number of nitrogens with zero attached hydrogens (tertiary/aromatic N) is 3. The van der Waals surface area contributed by atoms with Crippen molar-refractivity contribution < 1.29 is 10.0 Å². The fraction of sp³-hybridized carbons (Fsp3) is 0.0769. The molecule has 3 N–H and O–H groups in total. The van der Waals surface area contributed by atoms with Gasteiger partial charge < -0.3 is 0 Å². The number of aromatic amines is 1. The highest BCUT2D eigenvalue weighted by Crippen LogP contribution is 2.22. The number of H-pyrrole nitrogens is 1. The van der Waals surface area contributed by atoms with E-state index in [2.05, 4.69) is 20.4 Å². The lowest BCUT2D eigenvalue weighted by Gasteiger charge is -2.06. The monoisotopic (exact) mass is 269 g/mol. The third-order valence-electron chi connectivity index (χ3n) is 3.06.